The summed E-state index contributed by atoms with van der Waals surface area (Å²) in [6.45, 7) is 6.97. The molecule has 0 aliphatic rings. The van der Waals surface area contributed by atoms with Crippen molar-refractivity contribution in [3.8, 4) is 0 Å². The SMILES string of the molecule is CC(=O)c1ccc(C(=O)N(NC(=O)c2ccccc2)C(C)(C)C)cc1. The van der Waals surface area contributed by atoms with Crippen LogP contribution in [0.2, 0.25) is 0 Å². The fourth-order valence-corrected chi connectivity index (χ4v) is 2.26. The van der Waals surface area contributed by atoms with Gasteiger partial charge in [-0.15, -0.1) is 0 Å². The minimum atomic E-state index is -0.624. The summed E-state index contributed by atoms with van der Waals surface area (Å²) in [6, 6.07) is 15.1. The third-order valence-corrected chi connectivity index (χ3v) is 3.66. The van der Waals surface area contributed by atoms with Gasteiger partial charge in [-0.25, -0.2) is 5.01 Å². The number of nitrogens with one attached hydrogen (secondary N) is 1. The summed E-state index contributed by atoms with van der Waals surface area (Å²) in [5, 5.41) is 1.31. The monoisotopic (exact) mass is 338 g/mol. The van der Waals surface area contributed by atoms with Gasteiger partial charge in [0.1, 0.15) is 0 Å². The van der Waals surface area contributed by atoms with Gasteiger partial charge < -0.3 is 0 Å². The van der Waals surface area contributed by atoms with E-state index in [9.17, 15) is 14.4 Å². The summed E-state index contributed by atoms with van der Waals surface area (Å²) >= 11 is 0. The van der Waals surface area contributed by atoms with E-state index < -0.39 is 5.54 Å². The van der Waals surface area contributed by atoms with Crippen molar-refractivity contribution < 1.29 is 14.4 Å². The number of Topliss-reactive ketones (excluding diaryl/α,β-unsaturated/α-hetero) is 1. The van der Waals surface area contributed by atoms with Crippen LogP contribution in [0, 0.1) is 0 Å². The molecule has 2 amide bonds. The molecule has 0 radical (unpaired) electrons. The number of ketones is 1. The fraction of sp³-hybridized carbons (Fsp3) is 0.250. The highest BCUT2D eigenvalue weighted by Gasteiger charge is 2.29. The average molecular weight is 338 g/mol. The Morgan fingerprint density at radius 3 is 1.80 bits per heavy atom. The number of carbonyl (C=O) groups excluding carboxylic acids is 3. The number of rotatable bonds is 3. The van der Waals surface area contributed by atoms with Gasteiger partial charge in [-0.05, 0) is 52.0 Å². The van der Waals surface area contributed by atoms with E-state index in [1.807, 2.05) is 26.8 Å². The second-order valence-corrected chi connectivity index (χ2v) is 6.75. The molecule has 0 bridgehead atoms. The highest BCUT2D eigenvalue weighted by atomic mass is 16.2. The van der Waals surface area contributed by atoms with Crippen LogP contribution >= 0.6 is 0 Å². The highest BCUT2D eigenvalue weighted by Crippen LogP contribution is 2.16. The molecule has 5 heteroatoms. The minimum Gasteiger partial charge on any atom is -0.295 e. The van der Waals surface area contributed by atoms with E-state index in [1.165, 1.54) is 11.9 Å². The molecule has 0 heterocycles. The van der Waals surface area contributed by atoms with E-state index in [1.54, 1.807) is 48.5 Å². The predicted octanol–water partition coefficient (Wildman–Crippen LogP) is 3.47. The Morgan fingerprint density at radius 1 is 0.800 bits per heavy atom. The van der Waals surface area contributed by atoms with Crippen LogP contribution in [-0.2, 0) is 0 Å². The molecule has 0 fully saturated rings. The first-order valence-corrected chi connectivity index (χ1v) is 8.02. The first kappa shape index (κ1) is 18.4. The lowest BCUT2D eigenvalue weighted by molar-refractivity contribution is 0.0358. The van der Waals surface area contributed by atoms with E-state index in [4.69, 9.17) is 0 Å². The first-order chi connectivity index (χ1) is 11.7. The molecule has 0 spiro atoms. The molecule has 0 unspecified atom stereocenters. The summed E-state index contributed by atoms with van der Waals surface area (Å²) in [7, 11) is 0. The van der Waals surface area contributed by atoms with Crippen molar-refractivity contribution in [2.45, 2.75) is 33.2 Å². The van der Waals surface area contributed by atoms with E-state index in [2.05, 4.69) is 5.43 Å². The molecule has 5 nitrogen and oxygen atoms in total. The van der Waals surface area contributed by atoms with Gasteiger partial charge >= 0.3 is 0 Å². The molecule has 2 aromatic rings. The molecular weight excluding hydrogens is 316 g/mol. The number of hydrazine groups is 1. The minimum absolute atomic E-state index is 0.0657. The Morgan fingerprint density at radius 2 is 1.32 bits per heavy atom. The fourth-order valence-electron chi connectivity index (χ4n) is 2.26. The van der Waals surface area contributed by atoms with Crippen molar-refractivity contribution in [1.29, 1.82) is 0 Å². The molecule has 0 aromatic heterocycles. The number of benzene rings is 2. The van der Waals surface area contributed by atoms with Crippen LogP contribution < -0.4 is 5.43 Å². The zero-order valence-electron chi connectivity index (χ0n) is 14.9. The predicted molar refractivity (Wildman–Crippen MR) is 96.3 cm³/mol. The second kappa shape index (κ2) is 7.30. The number of carbonyl (C=O) groups is 3. The van der Waals surface area contributed by atoms with E-state index >= 15 is 0 Å². The summed E-state index contributed by atoms with van der Waals surface area (Å²) in [5.41, 5.74) is 3.46. The van der Waals surface area contributed by atoms with Gasteiger partial charge in [0.15, 0.2) is 5.78 Å². The van der Waals surface area contributed by atoms with Crippen LogP contribution in [-0.4, -0.2) is 28.1 Å². The van der Waals surface area contributed by atoms with Crippen LogP contribution in [0.1, 0.15) is 58.8 Å². The van der Waals surface area contributed by atoms with E-state index in [0.717, 1.165) is 0 Å². The van der Waals surface area contributed by atoms with Gasteiger partial charge in [0.25, 0.3) is 11.8 Å². The van der Waals surface area contributed by atoms with Crippen molar-refractivity contribution in [2.75, 3.05) is 0 Å². The molecule has 0 saturated carbocycles. The van der Waals surface area contributed by atoms with Crippen molar-refractivity contribution in [3.63, 3.8) is 0 Å². The Bertz CT molecular complexity index is 775. The van der Waals surface area contributed by atoms with Crippen LogP contribution in [0.3, 0.4) is 0 Å². The lowest BCUT2D eigenvalue weighted by Gasteiger charge is -2.35. The van der Waals surface area contributed by atoms with Crippen LogP contribution in [0.25, 0.3) is 0 Å². The molecule has 2 rings (SSSR count). The maximum absolute atomic E-state index is 12.9. The number of amides is 2. The molecular formula is C20H22N2O3. The third kappa shape index (κ3) is 4.53. The van der Waals surface area contributed by atoms with Crippen molar-refractivity contribution in [2.24, 2.45) is 0 Å². The van der Waals surface area contributed by atoms with Gasteiger partial charge in [-0.1, -0.05) is 30.3 Å². The highest BCUT2D eigenvalue weighted by molar-refractivity contribution is 6.00. The van der Waals surface area contributed by atoms with Gasteiger partial charge in [-0.2, -0.15) is 0 Å². The lowest BCUT2D eigenvalue weighted by Crippen LogP contribution is -2.55. The molecule has 0 saturated heterocycles. The number of hydrogen-bond acceptors (Lipinski definition) is 3. The smallest absolute Gasteiger partial charge is 0.272 e. The standard InChI is InChI=1S/C20H22N2O3/c1-14(23)15-10-12-17(13-11-15)19(25)22(20(2,3)4)21-18(24)16-8-6-5-7-9-16/h5-13H,1-4H3,(H,21,24). The van der Waals surface area contributed by atoms with Crippen molar-refractivity contribution >= 4 is 17.6 Å². The zero-order valence-corrected chi connectivity index (χ0v) is 14.9. The van der Waals surface area contributed by atoms with Gasteiger partial charge in [-0.3, -0.25) is 19.8 Å². The normalized spacial score (nSPS) is 10.9. The topological polar surface area (TPSA) is 66.5 Å². The second-order valence-electron chi connectivity index (χ2n) is 6.75. The van der Waals surface area contributed by atoms with Gasteiger partial charge in [0.2, 0.25) is 0 Å². The summed E-state index contributed by atoms with van der Waals surface area (Å²) in [5.74, 6) is -0.764. The lowest BCUT2D eigenvalue weighted by atomic mass is 10.0. The quantitative estimate of drug-likeness (QED) is 0.688. The molecule has 0 aliphatic carbocycles. The largest absolute Gasteiger partial charge is 0.295 e. The Balaban J connectivity index is 2.26. The summed E-state index contributed by atoms with van der Waals surface area (Å²) in [4.78, 5) is 36.7. The molecule has 0 atom stereocenters. The Labute approximate surface area is 147 Å². The van der Waals surface area contributed by atoms with E-state index in [0.29, 0.717) is 16.7 Å². The van der Waals surface area contributed by atoms with Crippen molar-refractivity contribution in [1.82, 2.24) is 10.4 Å². The van der Waals surface area contributed by atoms with Crippen LogP contribution in [0.5, 0.6) is 0 Å². The summed E-state index contributed by atoms with van der Waals surface area (Å²) < 4.78 is 0. The summed E-state index contributed by atoms with van der Waals surface area (Å²) in [6.07, 6.45) is 0. The van der Waals surface area contributed by atoms with E-state index in [-0.39, 0.29) is 17.6 Å². The third-order valence-electron chi connectivity index (χ3n) is 3.66. The van der Waals surface area contributed by atoms with Gasteiger partial charge in [0.05, 0.1) is 5.54 Å². The Kier molecular flexibility index (Phi) is 5.37. The van der Waals surface area contributed by atoms with Crippen LogP contribution in [0.15, 0.2) is 54.6 Å². The number of hydrogen-bond donors (Lipinski definition) is 1. The molecule has 25 heavy (non-hydrogen) atoms. The Hall–Kier alpha value is -2.95. The van der Waals surface area contributed by atoms with Gasteiger partial charge in [0, 0.05) is 16.7 Å². The molecule has 0 aliphatic heterocycles. The maximum Gasteiger partial charge on any atom is 0.272 e. The first-order valence-electron chi connectivity index (χ1n) is 8.02. The molecule has 2 aromatic carbocycles. The van der Waals surface area contributed by atoms with Crippen molar-refractivity contribution in [3.05, 3.63) is 71.3 Å². The maximum atomic E-state index is 12.9. The molecule has 1 N–H and O–H groups in total. The zero-order chi connectivity index (χ0) is 18.6. The number of nitrogens with zero attached hydrogens (tertiary/aromatic N) is 1. The van der Waals surface area contributed by atoms with Crippen LogP contribution in [0.4, 0.5) is 0 Å². The molecule has 130 valence electrons. The average Bonchev–Trinajstić information content (AvgIpc) is 2.58.